The molecule has 0 aromatic rings. The lowest BCUT2D eigenvalue weighted by Crippen LogP contribution is -2.64. The first-order chi connectivity index (χ1) is 13.3. The summed E-state index contributed by atoms with van der Waals surface area (Å²) in [5.74, 6) is 0. The van der Waals surface area contributed by atoms with Gasteiger partial charge in [-0.05, 0) is 0 Å². The van der Waals surface area contributed by atoms with Crippen molar-refractivity contribution in [2.45, 2.75) is 42.7 Å². The largest absolute Gasteiger partial charge is 0.472 e. The number of carbonyl (C=O) groups excluding carboxylic acids is 2. The van der Waals surface area contributed by atoms with E-state index in [0.717, 1.165) is 0 Å². The van der Waals surface area contributed by atoms with E-state index in [9.17, 15) is 44.0 Å². The highest BCUT2D eigenvalue weighted by molar-refractivity contribution is 7.47. The Labute approximate surface area is 162 Å². The molecule has 0 spiro atoms. The fourth-order valence-corrected chi connectivity index (χ4v) is 3.84. The summed E-state index contributed by atoms with van der Waals surface area (Å²) in [5.41, 5.74) is 0. The molecule has 1 aliphatic carbocycles. The van der Waals surface area contributed by atoms with Gasteiger partial charge in [0, 0.05) is 0 Å². The number of phosphoric acid groups is 2. The van der Waals surface area contributed by atoms with Gasteiger partial charge in [-0.3, -0.25) is 23.2 Å². The number of rotatable bonds is 12. The molecule has 3 unspecified atom stereocenters. The van der Waals surface area contributed by atoms with Crippen LogP contribution in [0.2, 0.25) is 0 Å². The third-order valence-electron chi connectivity index (χ3n) is 3.58. The van der Waals surface area contributed by atoms with E-state index in [4.69, 9.17) is 9.79 Å². The smallest absolute Gasteiger partial charge is 0.464 e. The van der Waals surface area contributed by atoms with Gasteiger partial charge in [0.15, 0.2) is 6.10 Å². The molecule has 0 aromatic heterocycles. The predicted molar refractivity (Wildman–Crippen MR) is 84.5 cm³/mol. The molecular weight excluding hydrogens is 450 g/mol. The normalized spacial score (nSPS) is 33.3. The molecule has 0 amide bonds. The summed E-state index contributed by atoms with van der Waals surface area (Å²) in [4.78, 5) is 47.7. The molecule has 7 N–H and O–H groups in total. The van der Waals surface area contributed by atoms with Gasteiger partial charge in [-0.25, -0.2) is 9.13 Å². The minimum Gasteiger partial charge on any atom is -0.464 e. The number of ether oxygens (including phenoxy) is 2. The van der Waals surface area contributed by atoms with Crippen LogP contribution in [0.5, 0.6) is 0 Å². The van der Waals surface area contributed by atoms with E-state index in [1.165, 1.54) is 0 Å². The lowest BCUT2D eigenvalue weighted by Gasteiger charge is -2.43. The Morgan fingerprint density at radius 3 is 1.69 bits per heavy atom. The molecule has 0 saturated heterocycles. The Morgan fingerprint density at radius 2 is 1.28 bits per heavy atom. The van der Waals surface area contributed by atoms with E-state index in [2.05, 4.69) is 23.0 Å². The number of aliphatic hydroxyl groups is 4. The Hall–Kier alpha value is -1.00. The zero-order valence-electron chi connectivity index (χ0n) is 14.3. The lowest BCUT2D eigenvalue weighted by molar-refractivity contribution is -0.216. The molecule has 18 heteroatoms. The van der Waals surface area contributed by atoms with Crippen molar-refractivity contribution in [1.29, 1.82) is 0 Å². The molecule has 1 rings (SSSR count). The molecule has 0 aliphatic heterocycles. The van der Waals surface area contributed by atoms with Gasteiger partial charge >= 0.3 is 15.6 Å². The quantitative estimate of drug-likeness (QED) is 0.106. The van der Waals surface area contributed by atoms with E-state index in [1.54, 1.807) is 0 Å². The van der Waals surface area contributed by atoms with Crippen molar-refractivity contribution in [3.8, 4) is 0 Å². The highest BCUT2D eigenvalue weighted by atomic mass is 31.2. The second-order valence-corrected chi connectivity index (χ2v) is 8.24. The summed E-state index contributed by atoms with van der Waals surface area (Å²) in [6.45, 7) is -1.44. The van der Waals surface area contributed by atoms with Crippen molar-refractivity contribution >= 4 is 28.6 Å². The second-order valence-electron chi connectivity index (χ2n) is 5.64. The lowest BCUT2D eigenvalue weighted by atomic mass is 9.85. The zero-order valence-corrected chi connectivity index (χ0v) is 16.1. The Bertz CT molecular complexity index is 620. The molecule has 1 aliphatic rings. The molecule has 0 heterocycles. The third-order valence-corrected chi connectivity index (χ3v) is 5.09. The van der Waals surface area contributed by atoms with Crippen LogP contribution in [0.3, 0.4) is 0 Å². The molecule has 0 bridgehead atoms. The summed E-state index contributed by atoms with van der Waals surface area (Å²) >= 11 is 0. The van der Waals surface area contributed by atoms with Crippen LogP contribution < -0.4 is 0 Å². The van der Waals surface area contributed by atoms with Gasteiger partial charge in [0.05, 0.1) is 6.61 Å². The molecular formula is C11H20O16P2. The fourth-order valence-electron chi connectivity index (χ4n) is 2.30. The molecule has 0 radical (unpaired) electrons. The minimum absolute atomic E-state index is 0.00381. The molecule has 8 atom stereocenters. The number of hydrogen-bond acceptors (Lipinski definition) is 13. The highest BCUT2D eigenvalue weighted by Crippen LogP contribution is 2.48. The van der Waals surface area contributed by atoms with Crippen LogP contribution in [-0.2, 0) is 41.8 Å². The van der Waals surface area contributed by atoms with Crippen molar-refractivity contribution in [2.75, 3.05) is 13.2 Å². The summed E-state index contributed by atoms with van der Waals surface area (Å²) in [5, 5.41) is 39.6. The second kappa shape index (κ2) is 10.9. The van der Waals surface area contributed by atoms with Crippen molar-refractivity contribution < 1.29 is 76.9 Å². The first-order valence-corrected chi connectivity index (χ1v) is 10.6. The van der Waals surface area contributed by atoms with E-state index >= 15 is 0 Å². The van der Waals surface area contributed by atoms with Gasteiger partial charge in [0.1, 0.15) is 43.2 Å². The summed E-state index contributed by atoms with van der Waals surface area (Å²) < 4.78 is 44.7. The number of aliphatic hydroxyl groups excluding tert-OH is 4. The molecule has 1 saturated carbocycles. The highest BCUT2D eigenvalue weighted by Gasteiger charge is 2.54. The predicted octanol–water partition coefficient (Wildman–Crippen LogP) is -3.86. The number of hydrogen-bond donors (Lipinski definition) is 7. The van der Waals surface area contributed by atoms with E-state index in [-0.39, 0.29) is 12.9 Å². The van der Waals surface area contributed by atoms with Crippen molar-refractivity contribution in [2.24, 2.45) is 0 Å². The topological polar surface area (TPSA) is 256 Å². The average molecular weight is 470 g/mol. The molecule has 1 fully saturated rings. The first kappa shape index (κ1) is 26.0. The van der Waals surface area contributed by atoms with E-state index in [1.807, 2.05) is 0 Å². The SMILES string of the molecule is O=COC[C@H](COP(=O)(O)OC1[C@H](O)[C@H](O)C(OP(=O)(O)O)[C@H](O)[C@H]1O)OC=O. The van der Waals surface area contributed by atoms with Crippen LogP contribution >= 0.6 is 15.6 Å². The molecule has 16 nitrogen and oxygen atoms in total. The fraction of sp³-hybridized carbons (Fsp3) is 0.818. The Morgan fingerprint density at radius 1 is 0.793 bits per heavy atom. The summed E-state index contributed by atoms with van der Waals surface area (Å²) in [6, 6.07) is 0. The van der Waals surface area contributed by atoms with Crippen LogP contribution in [0.1, 0.15) is 0 Å². The minimum atomic E-state index is -5.25. The van der Waals surface area contributed by atoms with Crippen LogP contribution in [0.25, 0.3) is 0 Å². The summed E-state index contributed by atoms with van der Waals surface area (Å²) in [7, 11) is -10.4. The average Bonchev–Trinajstić information content (AvgIpc) is 2.62. The van der Waals surface area contributed by atoms with Crippen LogP contribution in [0, 0.1) is 0 Å². The van der Waals surface area contributed by atoms with E-state index in [0.29, 0.717) is 0 Å². The third kappa shape index (κ3) is 7.97. The molecule has 29 heavy (non-hydrogen) atoms. The van der Waals surface area contributed by atoms with Crippen LogP contribution in [-0.4, -0.2) is 104 Å². The van der Waals surface area contributed by atoms with Crippen molar-refractivity contribution in [3.05, 3.63) is 0 Å². The maximum atomic E-state index is 12.0. The Kier molecular flexibility index (Phi) is 9.75. The monoisotopic (exact) mass is 470 g/mol. The van der Waals surface area contributed by atoms with Gasteiger partial charge in [0.25, 0.3) is 12.9 Å². The van der Waals surface area contributed by atoms with Crippen molar-refractivity contribution in [1.82, 2.24) is 0 Å². The molecule has 0 aromatic carbocycles. The van der Waals surface area contributed by atoms with Gasteiger partial charge < -0.3 is 44.6 Å². The maximum Gasteiger partial charge on any atom is 0.472 e. The van der Waals surface area contributed by atoms with Gasteiger partial charge in [0.2, 0.25) is 0 Å². The zero-order chi connectivity index (χ0) is 22.4. The van der Waals surface area contributed by atoms with Gasteiger partial charge in [-0.1, -0.05) is 0 Å². The van der Waals surface area contributed by atoms with E-state index < -0.39 is 71.6 Å². The molecule has 170 valence electrons. The standard InChI is InChI=1S/C11H20O16P2/c12-3-23-1-5(24-4-13)2-25-29(21,22)27-11-8(16)6(14)10(7(15)9(11)17)26-28(18,19)20/h3-11,14-17H,1-2H2,(H,21,22)(H2,18,19,20)/t5-,6-,7+,8-,9-,10?,11?/m1/s1. The van der Waals surface area contributed by atoms with Crippen molar-refractivity contribution in [3.63, 3.8) is 0 Å². The maximum absolute atomic E-state index is 12.0. The van der Waals surface area contributed by atoms with Crippen LogP contribution in [0.15, 0.2) is 0 Å². The van der Waals surface area contributed by atoms with Crippen LogP contribution in [0.4, 0.5) is 0 Å². The number of carbonyl (C=O) groups is 2. The Balaban J connectivity index is 2.82. The van der Waals surface area contributed by atoms with Gasteiger partial charge in [-0.15, -0.1) is 0 Å². The first-order valence-electron chi connectivity index (χ1n) is 7.59. The van der Waals surface area contributed by atoms with Gasteiger partial charge in [-0.2, -0.15) is 0 Å². The number of phosphoric ester groups is 2. The summed E-state index contributed by atoms with van der Waals surface area (Å²) in [6.07, 6.45) is -14.7.